The fraction of sp³-hybridized carbons (Fsp3) is 0.875. The molecule has 0 radical (unpaired) electrons. The van der Waals surface area contributed by atoms with Gasteiger partial charge >= 0.3 is 7.05 Å². The highest BCUT2D eigenvalue weighted by Gasteiger charge is 2.40. The molecule has 2 nitrogen and oxygen atoms in total. The van der Waals surface area contributed by atoms with Gasteiger partial charge in [0.25, 0.3) is 0 Å². The van der Waals surface area contributed by atoms with Crippen LogP contribution in [0.1, 0.15) is 66.7 Å². The SMILES string of the molecule is CCCC/C=C/CC1CCOB1N(C(C)C)C(C)C. The molecule has 1 heterocycles. The van der Waals surface area contributed by atoms with Crippen molar-refractivity contribution >= 4 is 7.05 Å². The highest BCUT2D eigenvalue weighted by Crippen LogP contribution is 2.32. The number of hydrogen-bond acceptors (Lipinski definition) is 2. The zero-order valence-electron chi connectivity index (χ0n) is 13.6. The Morgan fingerprint density at radius 1 is 1.21 bits per heavy atom. The molecule has 1 atom stereocenters. The Bertz CT molecular complexity index is 257. The molecule has 1 aliphatic rings. The average molecular weight is 265 g/mol. The summed E-state index contributed by atoms with van der Waals surface area (Å²) in [5.74, 6) is 0.669. The van der Waals surface area contributed by atoms with Crippen molar-refractivity contribution in [2.45, 2.75) is 84.6 Å². The van der Waals surface area contributed by atoms with E-state index in [0.29, 0.717) is 25.0 Å². The van der Waals surface area contributed by atoms with E-state index < -0.39 is 0 Å². The highest BCUT2D eigenvalue weighted by atomic mass is 16.4. The number of allylic oxidation sites excluding steroid dienone is 2. The van der Waals surface area contributed by atoms with Gasteiger partial charge in [-0.2, -0.15) is 0 Å². The van der Waals surface area contributed by atoms with Crippen molar-refractivity contribution in [3.63, 3.8) is 0 Å². The molecule has 0 aromatic carbocycles. The molecule has 0 saturated carbocycles. The molecule has 0 aromatic rings. The lowest BCUT2D eigenvalue weighted by Crippen LogP contribution is -2.50. The summed E-state index contributed by atoms with van der Waals surface area (Å²) in [6, 6.07) is 1.10. The molecule has 0 bridgehead atoms. The van der Waals surface area contributed by atoms with Crippen molar-refractivity contribution in [3.8, 4) is 0 Å². The first-order valence-electron chi connectivity index (χ1n) is 8.12. The summed E-state index contributed by atoms with van der Waals surface area (Å²) in [6.45, 7) is 12.3. The van der Waals surface area contributed by atoms with Gasteiger partial charge in [-0.05, 0) is 37.2 Å². The van der Waals surface area contributed by atoms with Crippen LogP contribution in [0.2, 0.25) is 5.82 Å². The summed E-state index contributed by atoms with van der Waals surface area (Å²) >= 11 is 0. The molecular weight excluding hydrogens is 233 g/mol. The van der Waals surface area contributed by atoms with Crippen LogP contribution in [0.3, 0.4) is 0 Å². The Labute approximate surface area is 120 Å². The van der Waals surface area contributed by atoms with Gasteiger partial charge in [0.1, 0.15) is 0 Å². The Hall–Kier alpha value is -0.275. The third-order valence-corrected chi connectivity index (χ3v) is 4.00. The topological polar surface area (TPSA) is 12.5 Å². The number of rotatable bonds is 8. The van der Waals surface area contributed by atoms with Crippen molar-refractivity contribution in [1.29, 1.82) is 0 Å². The van der Waals surface area contributed by atoms with Gasteiger partial charge in [-0.15, -0.1) is 0 Å². The van der Waals surface area contributed by atoms with Crippen LogP contribution in [-0.2, 0) is 4.65 Å². The molecular formula is C16H32BNO. The Kier molecular flexibility index (Phi) is 7.78. The second-order valence-corrected chi connectivity index (χ2v) is 6.29. The second kappa shape index (κ2) is 8.81. The molecule has 0 aliphatic carbocycles. The fourth-order valence-corrected chi connectivity index (χ4v) is 3.08. The Morgan fingerprint density at radius 2 is 1.89 bits per heavy atom. The lowest BCUT2D eigenvalue weighted by molar-refractivity contribution is 0.233. The molecule has 0 aromatic heterocycles. The molecule has 110 valence electrons. The van der Waals surface area contributed by atoms with Crippen molar-refractivity contribution in [2.24, 2.45) is 0 Å². The fourth-order valence-electron chi connectivity index (χ4n) is 3.08. The quantitative estimate of drug-likeness (QED) is 0.363. The van der Waals surface area contributed by atoms with Crippen molar-refractivity contribution in [2.75, 3.05) is 6.61 Å². The largest absolute Gasteiger partial charge is 0.421 e. The van der Waals surface area contributed by atoms with E-state index >= 15 is 0 Å². The van der Waals surface area contributed by atoms with Crippen LogP contribution < -0.4 is 0 Å². The smallest absolute Gasteiger partial charge is 0.386 e. The van der Waals surface area contributed by atoms with E-state index in [1.807, 2.05) is 0 Å². The first-order chi connectivity index (χ1) is 9.07. The number of hydrogen-bond donors (Lipinski definition) is 0. The van der Waals surface area contributed by atoms with Crippen LogP contribution in [0.15, 0.2) is 12.2 Å². The standard InChI is InChI=1S/C16H32BNO/c1-6-7-8-9-10-11-16-12-13-19-17(16)18(14(2)3)15(4)5/h9-10,14-16H,6-8,11-13H2,1-5H3/b10-9+. The molecule has 3 heteroatoms. The molecule has 1 aliphatic heterocycles. The normalized spacial score (nSPS) is 20.6. The third-order valence-electron chi connectivity index (χ3n) is 4.00. The molecule has 0 N–H and O–H groups in total. The zero-order valence-corrected chi connectivity index (χ0v) is 13.6. The lowest BCUT2D eigenvalue weighted by Gasteiger charge is -2.35. The molecule has 0 spiro atoms. The third kappa shape index (κ3) is 5.31. The minimum atomic E-state index is 0.316. The van der Waals surface area contributed by atoms with E-state index in [1.165, 1.54) is 32.1 Å². The molecule has 19 heavy (non-hydrogen) atoms. The van der Waals surface area contributed by atoms with E-state index in [4.69, 9.17) is 4.65 Å². The molecule has 0 amide bonds. The maximum Gasteiger partial charge on any atom is 0.386 e. The van der Waals surface area contributed by atoms with Crippen LogP contribution in [-0.4, -0.2) is 30.6 Å². The van der Waals surface area contributed by atoms with Crippen LogP contribution in [0, 0.1) is 0 Å². The summed E-state index contributed by atoms with van der Waals surface area (Å²) in [5, 5.41) is 0. The summed E-state index contributed by atoms with van der Waals surface area (Å²) in [6.07, 6.45) is 10.9. The van der Waals surface area contributed by atoms with E-state index in [-0.39, 0.29) is 0 Å². The van der Waals surface area contributed by atoms with E-state index in [0.717, 1.165) is 6.61 Å². The van der Waals surface area contributed by atoms with Crippen LogP contribution in [0.4, 0.5) is 0 Å². The average Bonchev–Trinajstić information content (AvgIpc) is 2.76. The van der Waals surface area contributed by atoms with E-state index in [9.17, 15) is 0 Å². The maximum atomic E-state index is 6.02. The van der Waals surface area contributed by atoms with Gasteiger partial charge in [-0.1, -0.05) is 59.6 Å². The molecule has 1 unspecified atom stereocenters. The summed E-state index contributed by atoms with van der Waals surface area (Å²) in [7, 11) is 0.316. The Morgan fingerprint density at radius 3 is 2.47 bits per heavy atom. The van der Waals surface area contributed by atoms with Gasteiger partial charge in [0.15, 0.2) is 0 Å². The van der Waals surface area contributed by atoms with Crippen molar-refractivity contribution in [1.82, 2.24) is 4.81 Å². The zero-order chi connectivity index (χ0) is 14.3. The van der Waals surface area contributed by atoms with E-state index in [1.54, 1.807) is 0 Å². The molecule has 1 fully saturated rings. The van der Waals surface area contributed by atoms with E-state index in [2.05, 4.69) is 51.6 Å². The number of nitrogens with zero attached hydrogens (tertiary/aromatic N) is 1. The van der Waals surface area contributed by atoms with Crippen molar-refractivity contribution < 1.29 is 4.65 Å². The second-order valence-electron chi connectivity index (χ2n) is 6.29. The maximum absolute atomic E-state index is 6.02. The lowest BCUT2D eigenvalue weighted by atomic mass is 9.63. The van der Waals surface area contributed by atoms with Crippen molar-refractivity contribution in [3.05, 3.63) is 12.2 Å². The van der Waals surface area contributed by atoms with Crippen LogP contribution in [0.25, 0.3) is 0 Å². The van der Waals surface area contributed by atoms with Gasteiger partial charge in [-0.25, -0.2) is 0 Å². The summed E-state index contributed by atoms with van der Waals surface area (Å²) < 4.78 is 6.02. The first kappa shape index (κ1) is 16.8. The predicted molar refractivity (Wildman–Crippen MR) is 85.5 cm³/mol. The molecule has 1 saturated heterocycles. The molecule has 1 rings (SSSR count). The first-order valence-corrected chi connectivity index (χ1v) is 8.12. The van der Waals surface area contributed by atoms with Gasteiger partial charge in [-0.3, -0.25) is 0 Å². The van der Waals surface area contributed by atoms with Crippen LogP contribution >= 0.6 is 0 Å². The summed E-state index contributed by atoms with van der Waals surface area (Å²) in [4.78, 5) is 2.53. The van der Waals surface area contributed by atoms with Gasteiger partial charge < -0.3 is 9.47 Å². The summed E-state index contributed by atoms with van der Waals surface area (Å²) in [5.41, 5.74) is 0. The van der Waals surface area contributed by atoms with Gasteiger partial charge in [0.2, 0.25) is 0 Å². The monoisotopic (exact) mass is 265 g/mol. The van der Waals surface area contributed by atoms with Gasteiger partial charge in [0.05, 0.1) is 0 Å². The highest BCUT2D eigenvalue weighted by molar-refractivity contribution is 6.51. The predicted octanol–water partition coefficient (Wildman–Crippen LogP) is 4.52. The number of unbranched alkanes of at least 4 members (excludes halogenated alkanes) is 2. The minimum Gasteiger partial charge on any atom is -0.421 e. The van der Waals surface area contributed by atoms with Gasteiger partial charge in [0, 0.05) is 6.61 Å². The Balaban J connectivity index is 2.50. The van der Waals surface area contributed by atoms with Crippen LogP contribution in [0.5, 0.6) is 0 Å². The minimum absolute atomic E-state index is 0.316.